The van der Waals surface area contributed by atoms with Crippen molar-refractivity contribution in [2.75, 3.05) is 0 Å². The fraction of sp³-hybridized carbons (Fsp3) is 0.214. The molecule has 5 nitrogen and oxygen atoms in total. The third-order valence-electron chi connectivity index (χ3n) is 3.31. The molecule has 0 fully saturated rings. The van der Waals surface area contributed by atoms with Crippen molar-refractivity contribution < 1.29 is 0 Å². The van der Waals surface area contributed by atoms with Crippen molar-refractivity contribution in [3.8, 4) is 0 Å². The van der Waals surface area contributed by atoms with Crippen LogP contribution in [-0.4, -0.2) is 19.7 Å². The number of hydrogen-bond donors (Lipinski definition) is 1. The first-order valence-electron chi connectivity index (χ1n) is 6.11. The van der Waals surface area contributed by atoms with Crippen LogP contribution in [0.15, 0.2) is 35.4 Å². The number of hydrogen-bond acceptors (Lipinski definition) is 3. The Labute approximate surface area is 109 Å². The van der Waals surface area contributed by atoms with Crippen molar-refractivity contribution >= 4 is 11.0 Å². The van der Waals surface area contributed by atoms with Gasteiger partial charge in [-0.05, 0) is 25.0 Å². The van der Waals surface area contributed by atoms with E-state index in [4.69, 9.17) is 0 Å². The molecule has 0 spiro atoms. The predicted molar refractivity (Wildman–Crippen MR) is 73.2 cm³/mol. The molecule has 0 aliphatic carbocycles. The van der Waals surface area contributed by atoms with E-state index in [2.05, 4.69) is 15.2 Å². The monoisotopic (exact) mass is 254 g/mol. The standard InChI is InChI=1S/C14H14N4O/c1-9-5-3-4-6-11(9)7-18-8-15-12-10(2)16-17-13(12)14(18)19/h3-6,8H,7H2,1-2H3,(H,16,17). The molecule has 1 aromatic carbocycles. The lowest BCUT2D eigenvalue weighted by Gasteiger charge is -2.07. The van der Waals surface area contributed by atoms with E-state index in [1.807, 2.05) is 38.1 Å². The van der Waals surface area contributed by atoms with Crippen LogP contribution in [0.2, 0.25) is 0 Å². The largest absolute Gasteiger partial charge is 0.293 e. The van der Waals surface area contributed by atoms with Crippen molar-refractivity contribution in [2.45, 2.75) is 20.4 Å². The average molecular weight is 254 g/mol. The fourth-order valence-corrected chi connectivity index (χ4v) is 2.13. The molecule has 0 saturated heterocycles. The maximum atomic E-state index is 12.3. The zero-order valence-electron chi connectivity index (χ0n) is 10.8. The van der Waals surface area contributed by atoms with E-state index >= 15 is 0 Å². The maximum Gasteiger partial charge on any atom is 0.282 e. The Morgan fingerprint density at radius 1 is 1.21 bits per heavy atom. The van der Waals surface area contributed by atoms with E-state index in [1.165, 1.54) is 0 Å². The van der Waals surface area contributed by atoms with Gasteiger partial charge in [-0.25, -0.2) is 4.98 Å². The van der Waals surface area contributed by atoms with Gasteiger partial charge < -0.3 is 0 Å². The summed E-state index contributed by atoms with van der Waals surface area (Å²) in [4.78, 5) is 16.6. The Balaban J connectivity index is 2.09. The van der Waals surface area contributed by atoms with Crippen LogP contribution in [0.25, 0.3) is 11.0 Å². The molecule has 0 bridgehead atoms. The molecular formula is C14H14N4O. The van der Waals surface area contributed by atoms with Crippen molar-refractivity contribution in [3.05, 3.63) is 57.8 Å². The normalized spacial score (nSPS) is 11.1. The van der Waals surface area contributed by atoms with E-state index in [1.54, 1.807) is 10.9 Å². The lowest BCUT2D eigenvalue weighted by Crippen LogP contribution is -2.21. The third kappa shape index (κ3) is 1.93. The van der Waals surface area contributed by atoms with E-state index in [9.17, 15) is 4.79 Å². The maximum absolute atomic E-state index is 12.3. The minimum absolute atomic E-state index is 0.113. The first-order valence-corrected chi connectivity index (χ1v) is 6.11. The minimum Gasteiger partial charge on any atom is -0.293 e. The van der Waals surface area contributed by atoms with Gasteiger partial charge in [-0.2, -0.15) is 5.10 Å². The van der Waals surface area contributed by atoms with E-state index < -0.39 is 0 Å². The van der Waals surface area contributed by atoms with Gasteiger partial charge in [0.05, 0.1) is 18.6 Å². The molecule has 5 heteroatoms. The molecular weight excluding hydrogens is 240 g/mol. The topological polar surface area (TPSA) is 63.6 Å². The molecule has 96 valence electrons. The van der Waals surface area contributed by atoms with Gasteiger partial charge in [0.25, 0.3) is 5.56 Å². The zero-order chi connectivity index (χ0) is 13.4. The van der Waals surface area contributed by atoms with Crippen molar-refractivity contribution in [2.24, 2.45) is 0 Å². The van der Waals surface area contributed by atoms with E-state index in [0.29, 0.717) is 17.6 Å². The molecule has 0 atom stereocenters. The molecule has 0 radical (unpaired) electrons. The van der Waals surface area contributed by atoms with E-state index in [0.717, 1.165) is 16.8 Å². The van der Waals surface area contributed by atoms with Crippen LogP contribution < -0.4 is 5.56 Å². The zero-order valence-corrected chi connectivity index (χ0v) is 10.8. The molecule has 0 aliphatic heterocycles. The lowest BCUT2D eigenvalue weighted by atomic mass is 10.1. The third-order valence-corrected chi connectivity index (χ3v) is 3.31. The fourth-order valence-electron chi connectivity index (χ4n) is 2.13. The highest BCUT2D eigenvalue weighted by Gasteiger charge is 2.10. The Morgan fingerprint density at radius 3 is 2.79 bits per heavy atom. The van der Waals surface area contributed by atoms with Crippen LogP contribution in [0.3, 0.4) is 0 Å². The number of H-pyrrole nitrogens is 1. The van der Waals surface area contributed by atoms with Crippen LogP contribution in [-0.2, 0) is 6.54 Å². The molecule has 2 heterocycles. The summed E-state index contributed by atoms with van der Waals surface area (Å²) >= 11 is 0. The van der Waals surface area contributed by atoms with Gasteiger partial charge in [0.1, 0.15) is 5.52 Å². The molecule has 2 aromatic heterocycles. The first kappa shape index (κ1) is 11.6. The van der Waals surface area contributed by atoms with Crippen LogP contribution in [0.4, 0.5) is 0 Å². The highest BCUT2D eigenvalue weighted by molar-refractivity contribution is 5.75. The Bertz CT molecular complexity index is 801. The highest BCUT2D eigenvalue weighted by Crippen LogP contribution is 2.10. The number of fused-ring (bicyclic) bond motifs is 1. The van der Waals surface area contributed by atoms with Gasteiger partial charge >= 0.3 is 0 Å². The van der Waals surface area contributed by atoms with Gasteiger partial charge in [0, 0.05) is 0 Å². The summed E-state index contributed by atoms with van der Waals surface area (Å²) in [6.45, 7) is 4.40. The summed E-state index contributed by atoms with van der Waals surface area (Å²) in [5, 5.41) is 6.82. The van der Waals surface area contributed by atoms with Gasteiger partial charge in [-0.15, -0.1) is 0 Å². The summed E-state index contributed by atoms with van der Waals surface area (Å²) in [6.07, 6.45) is 1.58. The number of aryl methyl sites for hydroxylation is 2. The second-order valence-electron chi connectivity index (χ2n) is 4.65. The number of benzene rings is 1. The summed E-state index contributed by atoms with van der Waals surface area (Å²) in [6, 6.07) is 8.00. The molecule has 0 amide bonds. The van der Waals surface area contributed by atoms with E-state index in [-0.39, 0.29) is 5.56 Å². The van der Waals surface area contributed by atoms with Gasteiger partial charge in [0.15, 0.2) is 5.52 Å². The molecule has 3 aromatic rings. The van der Waals surface area contributed by atoms with Crippen LogP contribution in [0, 0.1) is 13.8 Å². The Morgan fingerprint density at radius 2 is 2.00 bits per heavy atom. The predicted octanol–water partition coefficient (Wildman–Crippen LogP) is 1.78. The quantitative estimate of drug-likeness (QED) is 0.758. The number of aromatic nitrogens is 4. The molecule has 3 rings (SSSR count). The second-order valence-corrected chi connectivity index (χ2v) is 4.65. The summed E-state index contributed by atoms with van der Waals surface area (Å²) in [5.41, 5.74) is 4.01. The molecule has 1 N–H and O–H groups in total. The summed E-state index contributed by atoms with van der Waals surface area (Å²) in [7, 11) is 0. The van der Waals surface area contributed by atoms with Crippen molar-refractivity contribution in [1.82, 2.24) is 19.7 Å². The summed E-state index contributed by atoms with van der Waals surface area (Å²) < 4.78 is 1.59. The minimum atomic E-state index is -0.113. The molecule has 19 heavy (non-hydrogen) atoms. The number of rotatable bonds is 2. The average Bonchev–Trinajstić information content (AvgIpc) is 2.78. The molecule has 0 saturated carbocycles. The Kier molecular flexibility index (Phi) is 2.67. The SMILES string of the molecule is Cc1ccccc1Cn1cnc2c(C)[nH]nc2c1=O. The molecule has 0 unspecified atom stereocenters. The van der Waals surface area contributed by atoms with Crippen molar-refractivity contribution in [1.29, 1.82) is 0 Å². The van der Waals surface area contributed by atoms with Gasteiger partial charge in [-0.1, -0.05) is 24.3 Å². The van der Waals surface area contributed by atoms with Crippen LogP contribution in [0.5, 0.6) is 0 Å². The highest BCUT2D eigenvalue weighted by atomic mass is 16.1. The lowest BCUT2D eigenvalue weighted by molar-refractivity contribution is 0.742. The summed E-state index contributed by atoms with van der Waals surface area (Å²) in [5.74, 6) is 0. The smallest absolute Gasteiger partial charge is 0.282 e. The first-order chi connectivity index (χ1) is 9.16. The number of aromatic amines is 1. The van der Waals surface area contributed by atoms with Crippen LogP contribution in [0.1, 0.15) is 16.8 Å². The Hall–Kier alpha value is -2.43. The molecule has 0 aliphatic rings. The van der Waals surface area contributed by atoms with Gasteiger partial charge in [0.2, 0.25) is 0 Å². The second kappa shape index (κ2) is 4.35. The van der Waals surface area contributed by atoms with Crippen LogP contribution >= 0.6 is 0 Å². The van der Waals surface area contributed by atoms with Gasteiger partial charge in [-0.3, -0.25) is 14.5 Å². The van der Waals surface area contributed by atoms with Crippen molar-refractivity contribution in [3.63, 3.8) is 0 Å². The number of nitrogens with one attached hydrogen (secondary N) is 1. The number of nitrogens with zero attached hydrogens (tertiary/aromatic N) is 3.